The topological polar surface area (TPSA) is 35.6 Å². The Balaban J connectivity index is 1.62. The largest absolute Gasteiger partial charge is 0.353 e. The molecule has 1 atom stereocenters. The molecule has 1 heterocycles. The normalized spacial score (nSPS) is 17.6. The van der Waals surface area contributed by atoms with E-state index in [-0.39, 0.29) is 17.8 Å². The van der Waals surface area contributed by atoms with Gasteiger partial charge < -0.3 is 5.32 Å². The fourth-order valence-corrected chi connectivity index (χ4v) is 3.59. The number of hydrogen-bond donors (Lipinski definition) is 1. The zero-order valence-electron chi connectivity index (χ0n) is 14.6. The summed E-state index contributed by atoms with van der Waals surface area (Å²) >= 11 is 1.57. The van der Waals surface area contributed by atoms with Gasteiger partial charge in [-0.25, -0.2) is 4.39 Å². The summed E-state index contributed by atoms with van der Waals surface area (Å²) in [6.45, 7) is 9.31. The standard InChI is InChI=1S/C18H28FN3OS/c1-3-15(2)20-18(23)14-22-10-8-21(9-11-22)12-13-24-17-7-5-4-6-16(17)19/h4-7,15H,3,8-14H2,1-2H3,(H,20,23). The fourth-order valence-electron chi connectivity index (χ4n) is 2.64. The maximum absolute atomic E-state index is 13.6. The molecule has 1 aliphatic rings. The van der Waals surface area contributed by atoms with Crippen LogP contribution in [-0.4, -0.2) is 66.8 Å². The van der Waals surface area contributed by atoms with E-state index in [1.165, 1.54) is 6.07 Å². The van der Waals surface area contributed by atoms with Crippen LogP contribution in [0.1, 0.15) is 20.3 Å². The van der Waals surface area contributed by atoms with Crippen molar-refractivity contribution < 1.29 is 9.18 Å². The second-order valence-electron chi connectivity index (χ2n) is 6.27. The average Bonchev–Trinajstić information content (AvgIpc) is 2.58. The van der Waals surface area contributed by atoms with Crippen LogP contribution in [0.2, 0.25) is 0 Å². The van der Waals surface area contributed by atoms with Crippen LogP contribution in [-0.2, 0) is 4.79 Å². The molecule has 1 fully saturated rings. The molecule has 1 N–H and O–H groups in total. The Kier molecular flexibility index (Phi) is 8.02. The Bertz CT molecular complexity index is 521. The van der Waals surface area contributed by atoms with Gasteiger partial charge in [0.05, 0.1) is 6.54 Å². The Hall–Kier alpha value is -1.11. The van der Waals surface area contributed by atoms with Crippen molar-refractivity contribution in [1.82, 2.24) is 15.1 Å². The number of rotatable bonds is 8. The van der Waals surface area contributed by atoms with Gasteiger partial charge >= 0.3 is 0 Å². The first-order valence-electron chi connectivity index (χ1n) is 8.70. The van der Waals surface area contributed by atoms with Gasteiger partial charge in [-0.1, -0.05) is 19.1 Å². The maximum Gasteiger partial charge on any atom is 0.234 e. The van der Waals surface area contributed by atoms with E-state index in [0.29, 0.717) is 6.54 Å². The van der Waals surface area contributed by atoms with Crippen LogP contribution in [0.3, 0.4) is 0 Å². The minimum Gasteiger partial charge on any atom is -0.353 e. The average molecular weight is 354 g/mol. The second-order valence-corrected chi connectivity index (χ2v) is 7.41. The molecule has 1 aliphatic heterocycles. The van der Waals surface area contributed by atoms with Gasteiger partial charge in [-0.15, -0.1) is 11.8 Å². The first-order valence-corrected chi connectivity index (χ1v) is 9.68. The van der Waals surface area contributed by atoms with E-state index in [2.05, 4.69) is 22.0 Å². The van der Waals surface area contributed by atoms with Crippen LogP contribution in [0.25, 0.3) is 0 Å². The van der Waals surface area contributed by atoms with E-state index >= 15 is 0 Å². The third-order valence-electron chi connectivity index (χ3n) is 4.35. The van der Waals surface area contributed by atoms with E-state index in [9.17, 15) is 9.18 Å². The molecule has 6 heteroatoms. The summed E-state index contributed by atoms with van der Waals surface area (Å²) in [7, 11) is 0. The van der Waals surface area contributed by atoms with Gasteiger partial charge in [0.2, 0.25) is 5.91 Å². The minimum atomic E-state index is -0.139. The van der Waals surface area contributed by atoms with E-state index in [1.54, 1.807) is 17.8 Å². The Labute approximate surface area is 148 Å². The lowest BCUT2D eigenvalue weighted by molar-refractivity contribution is -0.123. The predicted octanol–water partition coefficient (Wildman–Crippen LogP) is 2.45. The number of amides is 1. The van der Waals surface area contributed by atoms with Crippen molar-refractivity contribution in [3.05, 3.63) is 30.1 Å². The van der Waals surface area contributed by atoms with E-state index in [0.717, 1.165) is 49.8 Å². The Morgan fingerprint density at radius 2 is 1.92 bits per heavy atom. The summed E-state index contributed by atoms with van der Waals surface area (Å²) in [6, 6.07) is 7.17. The number of thioether (sulfide) groups is 1. The molecule has 0 bridgehead atoms. The highest BCUT2D eigenvalue weighted by Gasteiger charge is 2.19. The Morgan fingerprint density at radius 1 is 1.25 bits per heavy atom. The van der Waals surface area contributed by atoms with Gasteiger partial charge in [-0.3, -0.25) is 14.6 Å². The van der Waals surface area contributed by atoms with Crippen LogP contribution in [0.4, 0.5) is 4.39 Å². The lowest BCUT2D eigenvalue weighted by atomic mass is 10.2. The summed E-state index contributed by atoms with van der Waals surface area (Å²) in [6.07, 6.45) is 0.958. The van der Waals surface area contributed by atoms with Gasteiger partial charge in [-0.2, -0.15) is 0 Å². The highest BCUT2D eigenvalue weighted by Crippen LogP contribution is 2.21. The van der Waals surface area contributed by atoms with Crippen molar-refractivity contribution in [1.29, 1.82) is 0 Å². The number of piperazine rings is 1. The lowest BCUT2D eigenvalue weighted by Crippen LogP contribution is -2.50. The summed E-state index contributed by atoms with van der Waals surface area (Å²) in [5, 5.41) is 3.01. The van der Waals surface area contributed by atoms with Crippen molar-refractivity contribution in [3.8, 4) is 0 Å². The molecule has 24 heavy (non-hydrogen) atoms. The van der Waals surface area contributed by atoms with Crippen LogP contribution < -0.4 is 5.32 Å². The molecule has 4 nitrogen and oxygen atoms in total. The molecular formula is C18H28FN3OS. The van der Waals surface area contributed by atoms with Crippen LogP contribution in [0.15, 0.2) is 29.2 Å². The summed E-state index contributed by atoms with van der Waals surface area (Å²) < 4.78 is 13.6. The molecule has 1 saturated heterocycles. The number of nitrogens with one attached hydrogen (secondary N) is 1. The van der Waals surface area contributed by atoms with Gasteiger partial charge in [-0.05, 0) is 25.5 Å². The number of benzene rings is 1. The Morgan fingerprint density at radius 3 is 2.58 bits per heavy atom. The highest BCUT2D eigenvalue weighted by atomic mass is 32.2. The molecule has 0 radical (unpaired) electrons. The van der Waals surface area contributed by atoms with Gasteiger partial charge in [0.25, 0.3) is 0 Å². The van der Waals surface area contributed by atoms with Crippen molar-refractivity contribution in [2.75, 3.05) is 45.0 Å². The SMILES string of the molecule is CCC(C)NC(=O)CN1CCN(CCSc2ccccc2F)CC1. The van der Waals surface area contributed by atoms with Crippen molar-refractivity contribution in [2.24, 2.45) is 0 Å². The maximum atomic E-state index is 13.6. The predicted molar refractivity (Wildman–Crippen MR) is 97.9 cm³/mol. The van der Waals surface area contributed by atoms with Crippen LogP contribution in [0.5, 0.6) is 0 Å². The van der Waals surface area contributed by atoms with Crippen LogP contribution >= 0.6 is 11.8 Å². The third kappa shape index (κ3) is 6.42. The van der Waals surface area contributed by atoms with Gasteiger partial charge in [0.1, 0.15) is 5.82 Å². The van der Waals surface area contributed by atoms with Crippen molar-refractivity contribution >= 4 is 17.7 Å². The van der Waals surface area contributed by atoms with Gasteiger partial charge in [0.15, 0.2) is 0 Å². The minimum absolute atomic E-state index is 0.118. The number of nitrogens with zero attached hydrogens (tertiary/aromatic N) is 2. The molecular weight excluding hydrogens is 325 g/mol. The molecule has 0 aromatic heterocycles. The molecule has 1 aromatic carbocycles. The van der Waals surface area contributed by atoms with E-state index in [1.807, 2.05) is 19.1 Å². The molecule has 1 aromatic rings. The molecule has 1 unspecified atom stereocenters. The molecule has 2 rings (SSSR count). The quantitative estimate of drug-likeness (QED) is 0.728. The van der Waals surface area contributed by atoms with Gasteiger partial charge in [0, 0.05) is 49.4 Å². The number of carbonyl (C=O) groups is 1. The molecule has 0 aliphatic carbocycles. The second kappa shape index (κ2) is 10.0. The monoisotopic (exact) mass is 353 g/mol. The molecule has 1 amide bonds. The molecule has 0 spiro atoms. The molecule has 134 valence electrons. The zero-order chi connectivity index (χ0) is 17.4. The molecule has 0 saturated carbocycles. The first kappa shape index (κ1) is 19.2. The first-order chi connectivity index (χ1) is 11.6. The van der Waals surface area contributed by atoms with E-state index < -0.39 is 0 Å². The number of hydrogen-bond acceptors (Lipinski definition) is 4. The number of halogens is 1. The van der Waals surface area contributed by atoms with Crippen LogP contribution in [0, 0.1) is 5.82 Å². The number of carbonyl (C=O) groups excluding carboxylic acids is 1. The van der Waals surface area contributed by atoms with Crippen molar-refractivity contribution in [2.45, 2.75) is 31.2 Å². The summed E-state index contributed by atoms with van der Waals surface area (Å²) in [5.74, 6) is 0.864. The highest BCUT2D eigenvalue weighted by molar-refractivity contribution is 7.99. The smallest absolute Gasteiger partial charge is 0.234 e. The third-order valence-corrected chi connectivity index (χ3v) is 5.38. The van der Waals surface area contributed by atoms with E-state index in [4.69, 9.17) is 0 Å². The zero-order valence-corrected chi connectivity index (χ0v) is 15.4. The lowest BCUT2D eigenvalue weighted by Gasteiger charge is -2.34. The summed E-state index contributed by atoms with van der Waals surface area (Å²) in [4.78, 5) is 17.2. The summed E-state index contributed by atoms with van der Waals surface area (Å²) in [5.41, 5.74) is 0. The van der Waals surface area contributed by atoms with Crippen molar-refractivity contribution in [3.63, 3.8) is 0 Å². The fraction of sp³-hybridized carbons (Fsp3) is 0.611.